The Kier molecular flexibility index (Phi) is 3.18. The molecule has 1 aliphatic rings. The molecule has 3 rings (SSSR count). The van der Waals surface area contributed by atoms with Crippen molar-refractivity contribution in [1.82, 2.24) is 4.90 Å². The molecule has 2 aromatic rings. The minimum absolute atomic E-state index is 0.0951. The van der Waals surface area contributed by atoms with Gasteiger partial charge in [-0.2, -0.15) is 0 Å². The molecule has 1 aliphatic heterocycles. The van der Waals surface area contributed by atoms with Gasteiger partial charge in [0, 0.05) is 6.54 Å². The topological polar surface area (TPSA) is 32.3 Å². The summed E-state index contributed by atoms with van der Waals surface area (Å²) in [5, 5.41) is 3.52. The first kappa shape index (κ1) is 12.7. The summed E-state index contributed by atoms with van der Waals surface area (Å²) >= 11 is 0. The molecule has 0 aromatic heterocycles. The molecule has 0 aliphatic carbocycles. The highest BCUT2D eigenvalue weighted by Gasteiger charge is 2.32. The molecule has 3 nitrogen and oxygen atoms in total. The number of rotatable bonds is 2. The first-order valence-corrected chi connectivity index (χ1v) is 6.94. The summed E-state index contributed by atoms with van der Waals surface area (Å²) < 4.78 is 0. The third-order valence-corrected chi connectivity index (χ3v) is 3.81. The van der Waals surface area contributed by atoms with Crippen LogP contribution in [0.3, 0.4) is 0 Å². The van der Waals surface area contributed by atoms with Crippen molar-refractivity contribution in [2.75, 3.05) is 11.9 Å². The molecule has 20 heavy (non-hydrogen) atoms. The van der Waals surface area contributed by atoms with Gasteiger partial charge in [-0.3, -0.25) is 4.79 Å². The number of carbonyl (C=O) groups excluding carboxylic acids is 1. The molecule has 0 spiro atoms. The van der Waals surface area contributed by atoms with E-state index in [1.165, 1.54) is 0 Å². The van der Waals surface area contributed by atoms with Crippen LogP contribution in [0.1, 0.15) is 34.6 Å². The monoisotopic (exact) mass is 266 g/mol. The van der Waals surface area contributed by atoms with Gasteiger partial charge in [-0.1, -0.05) is 42.5 Å². The highest BCUT2D eigenvalue weighted by Crippen LogP contribution is 2.34. The molecule has 3 heteroatoms. The molecule has 2 aromatic carbocycles. The molecule has 1 heterocycles. The molecule has 102 valence electrons. The molecule has 1 amide bonds. The van der Waals surface area contributed by atoms with Crippen molar-refractivity contribution in [2.45, 2.75) is 20.0 Å². The lowest BCUT2D eigenvalue weighted by atomic mass is 10.0. The second-order valence-electron chi connectivity index (χ2n) is 5.05. The maximum absolute atomic E-state index is 12.7. The Morgan fingerprint density at radius 2 is 1.85 bits per heavy atom. The van der Waals surface area contributed by atoms with Crippen LogP contribution < -0.4 is 5.32 Å². The van der Waals surface area contributed by atoms with E-state index in [-0.39, 0.29) is 12.1 Å². The lowest BCUT2D eigenvalue weighted by molar-refractivity contribution is 0.0694. The Balaban J connectivity index is 2.09. The smallest absolute Gasteiger partial charge is 0.257 e. The molecule has 0 saturated heterocycles. The quantitative estimate of drug-likeness (QED) is 0.901. The van der Waals surface area contributed by atoms with Crippen molar-refractivity contribution < 1.29 is 4.79 Å². The Labute approximate surface area is 119 Å². The van der Waals surface area contributed by atoms with E-state index in [0.29, 0.717) is 6.54 Å². The van der Waals surface area contributed by atoms with Gasteiger partial charge in [-0.05, 0) is 31.0 Å². The predicted octanol–water partition coefficient (Wildman–Crippen LogP) is 3.58. The number of nitrogens with zero attached hydrogens (tertiary/aromatic N) is 1. The lowest BCUT2D eigenvalue weighted by Crippen LogP contribution is -2.43. The average molecular weight is 266 g/mol. The van der Waals surface area contributed by atoms with Gasteiger partial charge < -0.3 is 10.2 Å². The average Bonchev–Trinajstić information content (AvgIpc) is 2.49. The van der Waals surface area contributed by atoms with Gasteiger partial charge in [-0.25, -0.2) is 0 Å². The van der Waals surface area contributed by atoms with Crippen LogP contribution in [0.4, 0.5) is 5.69 Å². The van der Waals surface area contributed by atoms with Crippen molar-refractivity contribution in [3.05, 3.63) is 65.2 Å². The fraction of sp³-hybridized carbons (Fsp3) is 0.235. The minimum atomic E-state index is -0.0951. The van der Waals surface area contributed by atoms with E-state index in [1.54, 1.807) is 0 Å². The fourth-order valence-corrected chi connectivity index (χ4v) is 2.75. The number of carbonyl (C=O) groups is 1. The summed E-state index contributed by atoms with van der Waals surface area (Å²) in [4.78, 5) is 14.5. The molecule has 0 fully saturated rings. The van der Waals surface area contributed by atoms with Crippen LogP contribution in [-0.4, -0.2) is 17.4 Å². The fourth-order valence-electron chi connectivity index (χ4n) is 2.75. The molecular formula is C17H18N2O. The number of para-hydroxylation sites is 1. The highest BCUT2D eigenvalue weighted by molar-refractivity contribution is 6.02. The molecule has 0 bridgehead atoms. The summed E-state index contributed by atoms with van der Waals surface area (Å²) in [5.41, 5.74) is 3.93. The molecular weight excluding hydrogens is 248 g/mol. The van der Waals surface area contributed by atoms with Crippen molar-refractivity contribution in [3.63, 3.8) is 0 Å². The lowest BCUT2D eigenvalue weighted by Gasteiger charge is -2.38. The van der Waals surface area contributed by atoms with E-state index in [1.807, 2.05) is 55.1 Å². The van der Waals surface area contributed by atoms with Gasteiger partial charge in [0.1, 0.15) is 6.17 Å². The highest BCUT2D eigenvalue weighted by atomic mass is 16.2. The molecule has 0 radical (unpaired) electrons. The van der Waals surface area contributed by atoms with Crippen LogP contribution in [0, 0.1) is 6.92 Å². The van der Waals surface area contributed by atoms with Crippen LogP contribution in [0.2, 0.25) is 0 Å². The summed E-state index contributed by atoms with van der Waals surface area (Å²) in [7, 11) is 0. The van der Waals surface area contributed by atoms with Crippen LogP contribution >= 0.6 is 0 Å². The third-order valence-electron chi connectivity index (χ3n) is 3.81. The van der Waals surface area contributed by atoms with E-state index in [9.17, 15) is 4.79 Å². The Morgan fingerprint density at radius 3 is 2.55 bits per heavy atom. The zero-order valence-corrected chi connectivity index (χ0v) is 11.8. The Bertz CT molecular complexity index is 637. The molecule has 1 atom stereocenters. The Hall–Kier alpha value is -2.29. The second kappa shape index (κ2) is 5.00. The van der Waals surface area contributed by atoms with Crippen LogP contribution in [0.5, 0.6) is 0 Å². The van der Waals surface area contributed by atoms with E-state index < -0.39 is 0 Å². The number of nitrogens with one attached hydrogen (secondary N) is 1. The standard InChI is InChI=1S/C17H18N2O/c1-3-19-16(13-9-5-4-6-10-13)18-15-12(2)8-7-11-14(15)17(19)20/h4-11,16,18H,3H2,1-2H3. The van der Waals surface area contributed by atoms with Gasteiger partial charge in [0.05, 0.1) is 11.3 Å². The normalized spacial score (nSPS) is 17.6. The maximum atomic E-state index is 12.7. The second-order valence-corrected chi connectivity index (χ2v) is 5.05. The van der Waals surface area contributed by atoms with Crippen molar-refractivity contribution in [2.24, 2.45) is 0 Å². The van der Waals surface area contributed by atoms with E-state index in [2.05, 4.69) is 17.4 Å². The number of fused-ring (bicyclic) bond motifs is 1. The van der Waals surface area contributed by atoms with Crippen LogP contribution in [-0.2, 0) is 0 Å². The predicted molar refractivity (Wildman–Crippen MR) is 80.7 cm³/mol. The maximum Gasteiger partial charge on any atom is 0.257 e. The summed E-state index contributed by atoms with van der Waals surface area (Å²) in [6.07, 6.45) is -0.0951. The number of amides is 1. The van der Waals surface area contributed by atoms with Gasteiger partial charge >= 0.3 is 0 Å². The van der Waals surface area contributed by atoms with Gasteiger partial charge in [0.25, 0.3) is 5.91 Å². The number of aryl methyl sites for hydroxylation is 1. The van der Waals surface area contributed by atoms with Crippen LogP contribution in [0.15, 0.2) is 48.5 Å². The summed E-state index contributed by atoms with van der Waals surface area (Å²) in [6, 6.07) is 16.0. The zero-order chi connectivity index (χ0) is 14.1. The van der Waals surface area contributed by atoms with Gasteiger partial charge in [0.15, 0.2) is 0 Å². The van der Waals surface area contributed by atoms with Crippen LogP contribution in [0.25, 0.3) is 0 Å². The van der Waals surface area contributed by atoms with E-state index in [4.69, 9.17) is 0 Å². The summed E-state index contributed by atoms with van der Waals surface area (Å²) in [6.45, 7) is 4.72. The first-order valence-electron chi connectivity index (χ1n) is 6.94. The third kappa shape index (κ3) is 1.95. The SMILES string of the molecule is CCN1C(=O)c2cccc(C)c2NC1c1ccccc1. The largest absolute Gasteiger partial charge is 0.361 e. The van der Waals surface area contributed by atoms with E-state index >= 15 is 0 Å². The number of anilines is 1. The number of hydrogen-bond donors (Lipinski definition) is 1. The first-order chi connectivity index (χ1) is 9.72. The molecule has 1 N–H and O–H groups in total. The van der Waals surface area contributed by atoms with Crippen molar-refractivity contribution in [3.8, 4) is 0 Å². The molecule has 1 unspecified atom stereocenters. The summed E-state index contributed by atoms with van der Waals surface area (Å²) in [5.74, 6) is 0.0961. The number of hydrogen-bond acceptors (Lipinski definition) is 2. The number of benzene rings is 2. The van der Waals surface area contributed by atoms with Gasteiger partial charge in [-0.15, -0.1) is 0 Å². The minimum Gasteiger partial charge on any atom is -0.361 e. The molecule has 0 saturated carbocycles. The van der Waals surface area contributed by atoms with E-state index in [0.717, 1.165) is 22.4 Å². The van der Waals surface area contributed by atoms with Gasteiger partial charge in [0.2, 0.25) is 0 Å². The zero-order valence-electron chi connectivity index (χ0n) is 11.8. The van der Waals surface area contributed by atoms with Crippen molar-refractivity contribution in [1.29, 1.82) is 0 Å². The Morgan fingerprint density at radius 1 is 1.10 bits per heavy atom. The van der Waals surface area contributed by atoms with Crippen molar-refractivity contribution >= 4 is 11.6 Å².